The number of benzene rings is 2. The first-order valence-corrected chi connectivity index (χ1v) is 8.43. The Bertz CT molecular complexity index is 577. The number of rotatable bonds is 9. The predicted molar refractivity (Wildman–Crippen MR) is 94.4 cm³/mol. The highest BCUT2D eigenvalue weighted by atomic mass is 16.3. The largest absolute Gasteiger partial charge is 0.396 e. The van der Waals surface area contributed by atoms with E-state index >= 15 is 0 Å². The fourth-order valence-corrected chi connectivity index (χ4v) is 2.88. The normalized spacial score (nSPS) is 13.5. The number of hydrogen-bond donors (Lipinski definition) is 1. The van der Waals surface area contributed by atoms with Crippen LogP contribution in [0.25, 0.3) is 0 Å². The van der Waals surface area contributed by atoms with Crippen molar-refractivity contribution in [2.75, 3.05) is 6.61 Å². The molecule has 122 valence electrons. The van der Waals surface area contributed by atoms with E-state index < -0.39 is 0 Å². The van der Waals surface area contributed by atoms with E-state index in [1.807, 2.05) is 43.3 Å². The first-order chi connectivity index (χ1) is 11.2. The number of aliphatic hydroxyl groups excluding tert-OH is 1. The van der Waals surface area contributed by atoms with Crippen LogP contribution in [-0.2, 0) is 11.2 Å². The van der Waals surface area contributed by atoms with Gasteiger partial charge in [0.2, 0.25) is 0 Å². The molecule has 0 spiro atoms. The smallest absolute Gasteiger partial charge is 0.136 e. The van der Waals surface area contributed by atoms with Gasteiger partial charge in [-0.25, -0.2) is 0 Å². The molecule has 0 radical (unpaired) electrons. The van der Waals surface area contributed by atoms with Gasteiger partial charge in [-0.05, 0) is 30.4 Å². The maximum absolute atomic E-state index is 12.4. The molecule has 0 unspecified atom stereocenters. The molecule has 0 fully saturated rings. The monoisotopic (exact) mass is 310 g/mol. The van der Waals surface area contributed by atoms with E-state index in [2.05, 4.69) is 24.3 Å². The maximum Gasteiger partial charge on any atom is 0.136 e. The van der Waals surface area contributed by atoms with Crippen molar-refractivity contribution in [2.24, 2.45) is 5.92 Å². The van der Waals surface area contributed by atoms with Crippen LogP contribution in [0, 0.1) is 5.92 Å². The highest BCUT2D eigenvalue weighted by molar-refractivity contribution is 5.81. The van der Waals surface area contributed by atoms with E-state index in [9.17, 15) is 9.90 Å². The molecule has 2 atom stereocenters. The van der Waals surface area contributed by atoms with E-state index in [0.717, 1.165) is 24.8 Å². The maximum atomic E-state index is 12.4. The topological polar surface area (TPSA) is 37.3 Å². The van der Waals surface area contributed by atoms with Crippen LogP contribution in [0.2, 0.25) is 0 Å². The van der Waals surface area contributed by atoms with Gasteiger partial charge in [0.05, 0.1) is 6.61 Å². The Hall–Kier alpha value is -1.93. The Morgan fingerprint density at radius 1 is 1.00 bits per heavy atom. The van der Waals surface area contributed by atoms with E-state index in [1.54, 1.807) is 0 Å². The summed E-state index contributed by atoms with van der Waals surface area (Å²) in [4.78, 5) is 12.4. The molecular weight excluding hydrogens is 284 g/mol. The number of aryl methyl sites for hydroxylation is 1. The van der Waals surface area contributed by atoms with E-state index in [4.69, 9.17) is 0 Å². The summed E-state index contributed by atoms with van der Waals surface area (Å²) in [5.41, 5.74) is 2.37. The lowest BCUT2D eigenvalue weighted by atomic mass is 9.88. The van der Waals surface area contributed by atoms with E-state index in [1.165, 1.54) is 5.56 Å². The Morgan fingerprint density at radius 2 is 1.61 bits per heavy atom. The SMILES string of the molecule is C[C@@H](CCCc1ccccc1)C(=O)C[C@@H](CO)c1ccccc1. The standard InChI is InChI=1S/C21H26O2/c1-17(9-8-12-18-10-4-2-5-11-18)21(23)15-20(16-22)19-13-6-3-7-14-19/h2-7,10-11,13-14,17,20,22H,8-9,12,15-16H2,1H3/t17-,20-/m0/s1. The molecule has 0 heterocycles. The van der Waals surface area contributed by atoms with Gasteiger partial charge in [-0.1, -0.05) is 67.6 Å². The zero-order chi connectivity index (χ0) is 16.5. The van der Waals surface area contributed by atoms with Gasteiger partial charge in [0, 0.05) is 18.3 Å². The van der Waals surface area contributed by atoms with Crippen molar-refractivity contribution in [3.8, 4) is 0 Å². The molecule has 2 nitrogen and oxygen atoms in total. The van der Waals surface area contributed by atoms with Crippen LogP contribution >= 0.6 is 0 Å². The van der Waals surface area contributed by atoms with Crippen LogP contribution in [0.4, 0.5) is 0 Å². The fourth-order valence-electron chi connectivity index (χ4n) is 2.88. The summed E-state index contributed by atoms with van der Waals surface area (Å²) < 4.78 is 0. The molecule has 0 bridgehead atoms. The molecule has 0 amide bonds. The van der Waals surface area contributed by atoms with Crippen molar-refractivity contribution >= 4 is 5.78 Å². The molecule has 2 aromatic rings. The molecule has 0 aromatic heterocycles. The third-order valence-corrected chi connectivity index (χ3v) is 4.43. The molecule has 23 heavy (non-hydrogen) atoms. The van der Waals surface area contributed by atoms with Crippen LogP contribution in [0.3, 0.4) is 0 Å². The number of carbonyl (C=O) groups excluding carboxylic acids is 1. The molecule has 0 aliphatic carbocycles. The van der Waals surface area contributed by atoms with Gasteiger partial charge < -0.3 is 5.11 Å². The second-order valence-electron chi connectivity index (χ2n) is 6.24. The highest BCUT2D eigenvalue weighted by Gasteiger charge is 2.19. The van der Waals surface area contributed by atoms with Gasteiger partial charge in [0.1, 0.15) is 5.78 Å². The number of ketones is 1. The number of carbonyl (C=O) groups is 1. The Balaban J connectivity index is 1.80. The van der Waals surface area contributed by atoms with Crippen LogP contribution in [-0.4, -0.2) is 17.5 Å². The molecule has 2 rings (SSSR count). The van der Waals surface area contributed by atoms with Crippen molar-refractivity contribution in [3.63, 3.8) is 0 Å². The van der Waals surface area contributed by atoms with Crippen molar-refractivity contribution in [3.05, 3.63) is 71.8 Å². The van der Waals surface area contributed by atoms with Crippen LogP contribution < -0.4 is 0 Å². The summed E-state index contributed by atoms with van der Waals surface area (Å²) in [6.45, 7) is 2.03. The Kier molecular flexibility index (Phi) is 7.02. The number of hydrogen-bond acceptors (Lipinski definition) is 2. The van der Waals surface area contributed by atoms with Gasteiger partial charge in [0.15, 0.2) is 0 Å². The minimum atomic E-state index is -0.0831. The van der Waals surface area contributed by atoms with Gasteiger partial charge in [-0.15, -0.1) is 0 Å². The average molecular weight is 310 g/mol. The molecule has 1 N–H and O–H groups in total. The van der Waals surface area contributed by atoms with Crippen molar-refractivity contribution < 1.29 is 9.90 Å². The zero-order valence-corrected chi connectivity index (χ0v) is 13.8. The molecular formula is C21H26O2. The van der Waals surface area contributed by atoms with Crippen molar-refractivity contribution in [1.82, 2.24) is 0 Å². The zero-order valence-electron chi connectivity index (χ0n) is 13.8. The van der Waals surface area contributed by atoms with Gasteiger partial charge in [0.25, 0.3) is 0 Å². The van der Waals surface area contributed by atoms with Gasteiger partial charge in [-0.3, -0.25) is 4.79 Å². The average Bonchev–Trinajstić information content (AvgIpc) is 2.61. The first kappa shape index (κ1) is 17.4. The quantitative estimate of drug-likeness (QED) is 0.746. The van der Waals surface area contributed by atoms with E-state index in [0.29, 0.717) is 6.42 Å². The summed E-state index contributed by atoms with van der Waals surface area (Å²) in [6, 6.07) is 20.2. The van der Waals surface area contributed by atoms with E-state index in [-0.39, 0.29) is 24.2 Å². The Labute approximate surface area is 139 Å². The first-order valence-electron chi connectivity index (χ1n) is 8.43. The second-order valence-corrected chi connectivity index (χ2v) is 6.24. The summed E-state index contributed by atoms with van der Waals surface area (Å²) in [6.07, 6.45) is 3.36. The van der Waals surface area contributed by atoms with Crippen LogP contribution in [0.5, 0.6) is 0 Å². The minimum absolute atomic E-state index is 0.0203. The lowest BCUT2D eigenvalue weighted by Gasteiger charge is -2.17. The number of Topliss-reactive ketones (excluding diaryl/α,β-unsaturated/α-hetero) is 1. The number of aliphatic hydroxyl groups is 1. The minimum Gasteiger partial charge on any atom is -0.396 e. The predicted octanol–water partition coefficient (Wildman–Crippen LogP) is 4.38. The molecule has 0 saturated carbocycles. The van der Waals surface area contributed by atoms with Gasteiger partial charge >= 0.3 is 0 Å². The fraction of sp³-hybridized carbons (Fsp3) is 0.381. The van der Waals surface area contributed by atoms with Crippen molar-refractivity contribution in [1.29, 1.82) is 0 Å². The molecule has 0 saturated heterocycles. The van der Waals surface area contributed by atoms with Gasteiger partial charge in [-0.2, -0.15) is 0 Å². The second kappa shape index (κ2) is 9.26. The summed E-state index contributed by atoms with van der Waals surface area (Å²) >= 11 is 0. The lowest BCUT2D eigenvalue weighted by Crippen LogP contribution is -2.17. The Morgan fingerprint density at radius 3 is 2.22 bits per heavy atom. The molecule has 2 heteroatoms. The van der Waals surface area contributed by atoms with Crippen molar-refractivity contribution in [2.45, 2.75) is 38.5 Å². The molecule has 2 aromatic carbocycles. The third kappa shape index (κ3) is 5.65. The molecule has 0 aliphatic rings. The highest BCUT2D eigenvalue weighted by Crippen LogP contribution is 2.22. The summed E-state index contributed by atoms with van der Waals surface area (Å²) in [5.74, 6) is 0.220. The van der Waals surface area contributed by atoms with Crippen LogP contribution in [0.15, 0.2) is 60.7 Å². The molecule has 0 aliphatic heterocycles. The summed E-state index contributed by atoms with van der Waals surface area (Å²) in [7, 11) is 0. The summed E-state index contributed by atoms with van der Waals surface area (Å²) in [5, 5.41) is 9.58. The van der Waals surface area contributed by atoms with Crippen LogP contribution in [0.1, 0.15) is 43.2 Å². The lowest BCUT2D eigenvalue weighted by molar-refractivity contribution is -0.123. The third-order valence-electron chi connectivity index (χ3n) is 4.43.